The van der Waals surface area contributed by atoms with E-state index in [0.29, 0.717) is 74.3 Å². The van der Waals surface area contributed by atoms with Gasteiger partial charge in [0, 0.05) is 47.6 Å². The largest absolute Gasteiger partial charge is 0.496 e. The van der Waals surface area contributed by atoms with Crippen molar-refractivity contribution in [1.29, 1.82) is 0 Å². The van der Waals surface area contributed by atoms with Crippen molar-refractivity contribution in [3.8, 4) is 23.0 Å². The van der Waals surface area contributed by atoms with Crippen LogP contribution in [-0.4, -0.2) is 65.3 Å². The lowest BCUT2D eigenvalue weighted by atomic mass is 9.86. The molecule has 5 rings (SSSR count). The van der Waals surface area contributed by atoms with Gasteiger partial charge in [0.15, 0.2) is 5.75 Å². The summed E-state index contributed by atoms with van der Waals surface area (Å²) in [5.41, 5.74) is 14.4. The average molecular weight is 798 g/mol. The Balaban J connectivity index is 1.42. The molecule has 57 heavy (non-hydrogen) atoms. The monoisotopic (exact) mass is 797 g/mol. The van der Waals surface area contributed by atoms with Crippen molar-refractivity contribution in [2.45, 2.75) is 45.1 Å². The average Bonchev–Trinajstić information content (AvgIpc) is 3.16. The van der Waals surface area contributed by atoms with Crippen molar-refractivity contribution in [3.05, 3.63) is 96.2 Å². The van der Waals surface area contributed by atoms with Gasteiger partial charge in [0.05, 0.1) is 36.8 Å². The first-order chi connectivity index (χ1) is 27.1. The molecular weight excluding hydrogens is 751 g/mol. The summed E-state index contributed by atoms with van der Waals surface area (Å²) >= 11 is 0. The number of carbonyl (C=O) groups excluding carboxylic acids is 2. The Kier molecular flexibility index (Phi) is 13.2. The van der Waals surface area contributed by atoms with Crippen molar-refractivity contribution in [3.63, 3.8) is 0 Å². The fourth-order valence-corrected chi connectivity index (χ4v) is 6.54. The van der Waals surface area contributed by atoms with E-state index in [1.807, 2.05) is 57.2 Å². The number of carbonyl (C=O) groups is 3. The van der Waals surface area contributed by atoms with Gasteiger partial charge in [0.1, 0.15) is 40.1 Å². The summed E-state index contributed by atoms with van der Waals surface area (Å²) in [4.78, 5) is 43.0. The molecule has 15 nitrogen and oxygen atoms in total. The molecule has 0 aliphatic rings. The van der Waals surface area contributed by atoms with E-state index in [1.165, 1.54) is 25.4 Å². The van der Waals surface area contributed by atoms with Crippen LogP contribution < -0.4 is 45.9 Å². The van der Waals surface area contributed by atoms with Gasteiger partial charge in [-0.25, -0.2) is 14.0 Å². The predicted octanol–water partition coefficient (Wildman–Crippen LogP) is 6.93. The van der Waals surface area contributed by atoms with Crippen LogP contribution in [0.4, 0.5) is 33.4 Å². The Bertz CT molecular complexity index is 2310. The van der Waals surface area contributed by atoms with Crippen LogP contribution in [0, 0.1) is 0 Å². The van der Waals surface area contributed by atoms with E-state index in [4.69, 9.17) is 30.8 Å². The van der Waals surface area contributed by atoms with Crippen LogP contribution in [0.3, 0.4) is 0 Å². The number of nitrogens with zero attached hydrogens (tertiary/aromatic N) is 2. The van der Waals surface area contributed by atoms with Crippen LogP contribution in [0.5, 0.6) is 23.0 Å². The van der Waals surface area contributed by atoms with Gasteiger partial charge in [-0.1, -0.05) is 45.0 Å². The molecule has 0 spiro atoms. The number of ether oxygens (including phenoxy) is 3. The molecule has 5 aromatic rings. The van der Waals surface area contributed by atoms with Crippen LogP contribution in [-0.2, 0) is 21.2 Å². The third kappa shape index (κ3) is 10.1. The third-order valence-corrected chi connectivity index (χ3v) is 9.44. The molecule has 2 atom stereocenters. The number of anilines is 5. The molecule has 0 saturated heterocycles. The van der Waals surface area contributed by atoms with E-state index in [1.54, 1.807) is 48.7 Å². The number of amides is 3. The molecule has 0 bridgehead atoms. The summed E-state index contributed by atoms with van der Waals surface area (Å²) < 4.78 is 33.0. The Morgan fingerprint density at radius 1 is 0.930 bits per heavy atom. The highest BCUT2D eigenvalue weighted by Gasteiger charge is 2.28. The summed E-state index contributed by atoms with van der Waals surface area (Å²) in [6.45, 7) is 6.35. The number of hydrogen-bond acceptors (Lipinski definition) is 10. The van der Waals surface area contributed by atoms with Gasteiger partial charge in [-0.2, -0.15) is 0 Å². The zero-order valence-corrected chi connectivity index (χ0v) is 33.4. The van der Waals surface area contributed by atoms with Crippen molar-refractivity contribution >= 4 is 68.2 Å². The Labute approximate surface area is 333 Å². The normalized spacial score (nSPS) is 12.3. The number of rotatable bonds is 16. The van der Waals surface area contributed by atoms with Crippen LogP contribution in [0.1, 0.15) is 49.5 Å². The second kappa shape index (κ2) is 18.0. The van der Waals surface area contributed by atoms with E-state index in [2.05, 4.69) is 20.3 Å². The lowest BCUT2D eigenvalue weighted by Gasteiger charge is -2.29. The van der Waals surface area contributed by atoms with E-state index in [0.717, 1.165) is 5.56 Å². The Hall–Kier alpha value is -6.39. The minimum atomic E-state index is -1.43. The summed E-state index contributed by atoms with van der Waals surface area (Å²) in [6, 6.07) is 21.3. The smallest absolute Gasteiger partial charge is 0.324 e. The molecule has 4 aromatic carbocycles. The number of fused-ring (bicyclic) bond motifs is 1. The van der Waals surface area contributed by atoms with Crippen molar-refractivity contribution in [2.24, 2.45) is 11.5 Å². The lowest BCUT2D eigenvalue weighted by Crippen LogP contribution is -2.32. The van der Waals surface area contributed by atoms with Crippen LogP contribution >= 0.6 is 0 Å². The number of pyridine rings is 1. The summed E-state index contributed by atoms with van der Waals surface area (Å²) in [6.07, 6.45) is 3.73. The fraction of sp³-hybridized carbons (Fsp3) is 0.268. The SMILES string of the molecule is COc1cc(Nc2cc(Oc3ccc(N(C(N)=O)c4cc(C(C)(C)C)cc(NS(C)=O)c4OC)c4ccccc34)ccn2)ccc1C(=O)NCCC[C@H](N)C(=O)O. The van der Waals surface area contributed by atoms with Gasteiger partial charge in [-0.05, 0) is 66.3 Å². The minimum absolute atomic E-state index is 0.229. The van der Waals surface area contributed by atoms with E-state index in [-0.39, 0.29) is 24.3 Å². The summed E-state index contributed by atoms with van der Waals surface area (Å²) in [5, 5.41) is 16.3. The first-order valence-electron chi connectivity index (χ1n) is 17.9. The van der Waals surface area contributed by atoms with Crippen molar-refractivity contribution < 1.29 is 37.9 Å². The number of carboxylic acids is 1. The number of aliphatic carboxylic acids is 1. The molecule has 3 amide bonds. The van der Waals surface area contributed by atoms with Crippen LogP contribution in [0.15, 0.2) is 85.1 Å². The van der Waals surface area contributed by atoms with E-state index in [9.17, 15) is 18.6 Å². The summed E-state index contributed by atoms with van der Waals surface area (Å²) in [5.74, 6) is 0.564. The number of primary amides is 1. The first-order valence-corrected chi connectivity index (χ1v) is 19.5. The van der Waals surface area contributed by atoms with Crippen LogP contribution in [0.2, 0.25) is 0 Å². The fourth-order valence-electron chi connectivity index (χ4n) is 6.08. The summed E-state index contributed by atoms with van der Waals surface area (Å²) in [7, 11) is 1.50. The number of benzene rings is 4. The maximum atomic E-state index is 13.4. The van der Waals surface area contributed by atoms with E-state index >= 15 is 0 Å². The molecule has 16 heteroatoms. The van der Waals surface area contributed by atoms with Gasteiger partial charge < -0.3 is 46.1 Å². The molecule has 0 fully saturated rings. The number of aromatic nitrogens is 1. The van der Waals surface area contributed by atoms with Gasteiger partial charge in [-0.3, -0.25) is 14.5 Å². The molecule has 1 aromatic heterocycles. The maximum absolute atomic E-state index is 13.4. The Morgan fingerprint density at radius 3 is 2.32 bits per heavy atom. The van der Waals surface area contributed by atoms with Crippen molar-refractivity contribution in [2.75, 3.05) is 42.0 Å². The molecule has 1 heterocycles. The zero-order chi connectivity index (χ0) is 41.4. The topological polar surface area (TPSA) is 220 Å². The number of hydrogen-bond donors (Lipinski definition) is 6. The quantitative estimate of drug-likeness (QED) is 0.0562. The number of nitrogens with one attached hydrogen (secondary N) is 3. The molecule has 0 saturated carbocycles. The molecule has 0 aliphatic heterocycles. The molecule has 8 N–H and O–H groups in total. The number of methoxy groups -OCH3 is 2. The number of urea groups is 1. The predicted molar refractivity (Wildman–Crippen MR) is 223 cm³/mol. The number of carboxylic acid groups (broad SMARTS) is 1. The van der Waals surface area contributed by atoms with Gasteiger partial charge in [0.2, 0.25) is 0 Å². The van der Waals surface area contributed by atoms with Gasteiger partial charge in [-0.15, -0.1) is 0 Å². The molecule has 0 radical (unpaired) electrons. The highest BCUT2D eigenvalue weighted by molar-refractivity contribution is 7.85. The lowest BCUT2D eigenvalue weighted by molar-refractivity contribution is -0.138. The Morgan fingerprint density at radius 2 is 1.67 bits per heavy atom. The maximum Gasteiger partial charge on any atom is 0.324 e. The third-order valence-electron chi connectivity index (χ3n) is 8.93. The second-order valence-electron chi connectivity index (χ2n) is 14.0. The zero-order valence-electron chi connectivity index (χ0n) is 32.5. The van der Waals surface area contributed by atoms with E-state index < -0.39 is 29.0 Å². The van der Waals surface area contributed by atoms with Crippen molar-refractivity contribution in [1.82, 2.24) is 10.3 Å². The molecule has 0 aliphatic carbocycles. The first kappa shape index (κ1) is 41.8. The standard InChI is InChI=1S/C41H47N7O8S/c1-41(2,3)24-20-31(47-57(6)53)37(55-5)33(21-24)48(40(43)52)32-15-16-34(28-11-8-7-10-27(28)32)56-26-17-19-44-36(23-26)46-25-13-14-29(35(22-25)54-4)38(49)45-18-9-12-30(42)39(50)51/h7-8,10-11,13-17,19-23,30,47H,9,12,18,42H2,1-6H3,(H2,43,52)(H,44,46)(H,45,49)(H,50,51)/t30-,57?/m0/s1. The number of nitrogens with two attached hydrogens (primary N) is 2. The highest BCUT2D eigenvalue weighted by atomic mass is 32.2. The second-order valence-corrected chi connectivity index (χ2v) is 15.2. The van der Waals surface area contributed by atoms with Gasteiger partial charge in [0.25, 0.3) is 5.91 Å². The molecular formula is C41H47N7O8S. The molecule has 1 unspecified atom stereocenters. The van der Waals surface area contributed by atoms with Gasteiger partial charge >= 0.3 is 12.0 Å². The highest BCUT2D eigenvalue weighted by Crippen LogP contribution is 2.46. The minimum Gasteiger partial charge on any atom is -0.496 e. The van der Waals surface area contributed by atoms with Crippen LogP contribution in [0.25, 0.3) is 10.8 Å². The molecule has 300 valence electrons.